The molecular formula is C13H12ClN3O2S2. The van der Waals surface area contributed by atoms with E-state index in [1.54, 1.807) is 23.6 Å². The molecule has 0 fully saturated rings. The van der Waals surface area contributed by atoms with Gasteiger partial charge in [-0.2, -0.15) is 0 Å². The first-order valence-electron chi connectivity index (χ1n) is 6.25. The van der Waals surface area contributed by atoms with E-state index in [1.807, 2.05) is 17.7 Å². The lowest BCUT2D eigenvalue weighted by molar-refractivity contribution is 0.340. The van der Waals surface area contributed by atoms with Crippen molar-refractivity contribution in [3.63, 3.8) is 0 Å². The Balaban J connectivity index is 1.84. The average molecular weight is 342 g/mol. The molecule has 110 valence electrons. The predicted molar refractivity (Wildman–Crippen MR) is 84.5 cm³/mol. The van der Waals surface area contributed by atoms with Gasteiger partial charge < -0.3 is 9.72 Å². The number of rotatable bonds is 5. The fourth-order valence-corrected chi connectivity index (χ4v) is 3.89. The van der Waals surface area contributed by atoms with Crippen LogP contribution in [0.5, 0.6) is 5.75 Å². The summed E-state index contributed by atoms with van der Waals surface area (Å²) in [5.41, 5.74) is 2.26. The normalized spacial score (nSPS) is 12.7. The summed E-state index contributed by atoms with van der Waals surface area (Å²) in [4.78, 5) is 11.5. The molecule has 3 aromatic rings. The lowest BCUT2D eigenvalue weighted by Gasteiger charge is -2.08. The van der Waals surface area contributed by atoms with Gasteiger partial charge >= 0.3 is 0 Å². The molecule has 0 aliphatic rings. The van der Waals surface area contributed by atoms with Gasteiger partial charge in [-0.3, -0.25) is 9.19 Å². The minimum atomic E-state index is -1.33. The van der Waals surface area contributed by atoms with Crippen LogP contribution >= 0.6 is 22.9 Å². The van der Waals surface area contributed by atoms with Crippen LogP contribution in [0, 0.1) is 0 Å². The van der Waals surface area contributed by atoms with Crippen molar-refractivity contribution in [3.8, 4) is 5.75 Å². The molecule has 0 aromatic carbocycles. The van der Waals surface area contributed by atoms with Crippen LogP contribution in [0.15, 0.2) is 28.2 Å². The summed E-state index contributed by atoms with van der Waals surface area (Å²) in [6.07, 6.45) is 1.60. The Morgan fingerprint density at radius 2 is 2.33 bits per heavy atom. The summed E-state index contributed by atoms with van der Waals surface area (Å²) < 4.78 is 17.8. The van der Waals surface area contributed by atoms with Crippen molar-refractivity contribution in [1.29, 1.82) is 0 Å². The first-order chi connectivity index (χ1) is 10.2. The van der Waals surface area contributed by atoms with Crippen molar-refractivity contribution >= 4 is 44.8 Å². The number of imidazole rings is 1. The van der Waals surface area contributed by atoms with Gasteiger partial charge in [0.1, 0.15) is 16.3 Å². The van der Waals surface area contributed by atoms with E-state index in [0.29, 0.717) is 28.2 Å². The standard InChI is InChI=1S/C13H12ClN3O2S2/c1-2-19-11-3-4-15-10(12(11)14)7-21(18)13-16-8-5-20-6-9(8)17-13/h3-6H,2,7H2,1H3,(H,16,17). The van der Waals surface area contributed by atoms with E-state index in [2.05, 4.69) is 15.0 Å². The summed E-state index contributed by atoms with van der Waals surface area (Å²) in [6, 6.07) is 1.70. The molecule has 1 atom stereocenters. The second-order valence-corrected chi connectivity index (χ2v) is 6.69. The second-order valence-electron chi connectivity index (χ2n) is 4.21. The average Bonchev–Trinajstić information content (AvgIpc) is 3.04. The summed E-state index contributed by atoms with van der Waals surface area (Å²) in [5, 5.41) is 4.69. The van der Waals surface area contributed by atoms with Crippen molar-refractivity contribution < 1.29 is 8.95 Å². The molecule has 0 bridgehead atoms. The Morgan fingerprint density at radius 1 is 1.48 bits per heavy atom. The Hall–Kier alpha value is -1.44. The minimum Gasteiger partial charge on any atom is -0.492 e. The maximum absolute atomic E-state index is 12.4. The van der Waals surface area contributed by atoms with E-state index in [4.69, 9.17) is 16.3 Å². The molecule has 0 aliphatic heterocycles. The maximum Gasteiger partial charge on any atom is 0.197 e. The number of hydrogen-bond donors (Lipinski definition) is 1. The number of thiophene rings is 1. The molecule has 0 radical (unpaired) electrons. The number of H-pyrrole nitrogens is 1. The Bertz CT molecular complexity index is 771. The molecule has 3 rings (SSSR count). The lowest BCUT2D eigenvalue weighted by atomic mass is 10.3. The molecule has 0 saturated carbocycles. The third-order valence-electron chi connectivity index (χ3n) is 2.81. The molecule has 1 N–H and O–H groups in total. The van der Waals surface area contributed by atoms with Gasteiger partial charge in [0, 0.05) is 23.0 Å². The summed E-state index contributed by atoms with van der Waals surface area (Å²) >= 11 is 7.78. The van der Waals surface area contributed by atoms with E-state index in [9.17, 15) is 4.21 Å². The fraction of sp³-hybridized carbons (Fsp3) is 0.231. The van der Waals surface area contributed by atoms with Crippen LogP contribution in [0.2, 0.25) is 5.02 Å². The van der Waals surface area contributed by atoms with Crippen molar-refractivity contribution in [1.82, 2.24) is 15.0 Å². The Kier molecular flexibility index (Phi) is 4.23. The highest BCUT2D eigenvalue weighted by atomic mass is 35.5. The molecule has 3 aromatic heterocycles. The number of nitrogens with one attached hydrogen (secondary N) is 1. The molecule has 0 saturated heterocycles. The number of hydrogen-bond acceptors (Lipinski definition) is 5. The first kappa shape index (κ1) is 14.5. The number of fused-ring (bicyclic) bond motifs is 1. The van der Waals surface area contributed by atoms with Gasteiger partial charge in [0.15, 0.2) is 5.16 Å². The van der Waals surface area contributed by atoms with Crippen LogP contribution in [-0.4, -0.2) is 25.8 Å². The molecule has 1 unspecified atom stereocenters. The van der Waals surface area contributed by atoms with Gasteiger partial charge in [0.2, 0.25) is 0 Å². The van der Waals surface area contributed by atoms with Gasteiger partial charge in [-0.25, -0.2) is 4.98 Å². The van der Waals surface area contributed by atoms with Crippen LogP contribution in [0.4, 0.5) is 0 Å². The van der Waals surface area contributed by atoms with Crippen molar-refractivity contribution in [3.05, 3.63) is 33.7 Å². The zero-order valence-electron chi connectivity index (χ0n) is 11.1. The molecule has 0 aliphatic carbocycles. The van der Waals surface area contributed by atoms with Gasteiger partial charge in [-0.15, -0.1) is 11.3 Å². The van der Waals surface area contributed by atoms with Crippen LogP contribution in [-0.2, 0) is 16.6 Å². The Morgan fingerprint density at radius 3 is 3.10 bits per heavy atom. The van der Waals surface area contributed by atoms with E-state index in [0.717, 1.165) is 11.0 Å². The van der Waals surface area contributed by atoms with Crippen molar-refractivity contribution in [2.24, 2.45) is 0 Å². The maximum atomic E-state index is 12.4. The lowest BCUT2D eigenvalue weighted by Crippen LogP contribution is -2.03. The first-order valence-corrected chi connectivity index (χ1v) is 8.89. The molecule has 8 heteroatoms. The Labute approximate surface area is 132 Å². The fourth-order valence-electron chi connectivity index (χ4n) is 1.86. The van der Waals surface area contributed by atoms with E-state index in [-0.39, 0.29) is 5.75 Å². The van der Waals surface area contributed by atoms with Gasteiger partial charge in [0.05, 0.1) is 34.4 Å². The quantitative estimate of drug-likeness (QED) is 0.772. The molecular weight excluding hydrogens is 330 g/mol. The zero-order valence-corrected chi connectivity index (χ0v) is 13.5. The van der Waals surface area contributed by atoms with Crippen molar-refractivity contribution in [2.45, 2.75) is 17.8 Å². The summed E-state index contributed by atoms with van der Waals surface area (Å²) in [5.74, 6) is 0.750. The predicted octanol–water partition coefficient (Wildman–Crippen LogP) is 3.38. The van der Waals surface area contributed by atoms with E-state index >= 15 is 0 Å². The second kappa shape index (κ2) is 6.13. The number of aromatic nitrogens is 3. The van der Waals surface area contributed by atoms with Crippen LogP contribution in [0.1, 0.15) is 12.6 Å². The molecule has 0 amide bonds. The van der Waals surface area contributed by atoms with Gasteiger partial charge in [0.25, 0.3) is 0 Å². The van der Waals surface area contributed by atoms with E-state index < -0.39 is 10.8 Å². The smallest absolute Gasteiger partial charge is 0.197 e. The minimum absolute atomic E-state index is 0.194. The highest BCUT2D eigenvalue weighted by Gasteiger charge is 2.16. The zero-order chi connectivity index (χ0) is 14.8. The van der Waals surface area contributed by atoms with Crippen LogP contribution in [0.3, 0.4) is 0 Å². The number of nitrogens with zero attached hydrogens (tertiary/aromatic N) is 2. The monoisotopic (exact) mass is 341 g/mol. The summed E-state index contributed by atoms with van der Waals surface area (Å²) in [6.45, 7) is 2.39. The van der Waals surface area contributed by atoms with Gasteiger partial charge in [-0.05, 0) is 6.92 Å². The SMILES string of the molecule is CCOc1ccnc(CS(=O)c2nc3cscc3[nH]2)c1Cl. The largest absolute Gasteiger partial charge is 0.492 e. The molecule has 5 nitrogen and oxygen atoms in total. The topological polar surface area (TPSA) is 67.9 Å². The highest BCUT2D eigenvalue weighted by Crippen LogP contribution is 2.28. The van der Waals surface area contributed by atoms with Crippen molar-refractivity contribution in [2.75, 3.05) is 6.61 Å². The van der Waals surface area contributed by atoms with Gasteiger partial charge in [-0.1, -0.05) is 11.6 Å². The van der Waals surface area contributed by atoms with Crippen LogP contribution < -0.4 is 4.74 Å². The molecule has 21 heavy (non-hydrogen) atoms. The van der Waals surface area contributed by atoms with E-state index in [1.165, 1.54) is 0 Å². The molecule has 0 spiro atoms. The number of aromatic amines is 1. The summed E-state index contributed by atoms with van der Waals surface area (Å²) in [7, 11) is -1.33. The molecule has 3 heterocycles. The number of pyridine rings is 1. The number of halogens is 1. The van der Waals surface area contributed by atoms with Crippen LogP contribution in [0.25, 0.3) is 11.0 Å². The third-order valence-corrected chi connectivity index (χ3v) is 5.11. The highest BCUT2D eigenvalue weighted by molar-refractivity contribution is 7.84. The third kappa shape index (κ3) is 2.95. The number of ether oxygens (including phenoxy) is 1.